The van der Waals surface area contributed by atoms with Crippen LogP contribution >= 0.6 is 22.6 Å². The van der Waals surface area contributed by atoms with E-state index in [4.69, 9.17) is 7.17 Å². The molecule has 0 N–H and O–H groups in total. The van der Waals surface area contributed by atoms with Crippen LogP contribution in [0, 0.1) is 0 Å². The van der Waals surface area contributed by atoms with Gasteiger partial charge >= 0.3 is 0 Å². The van der Waals surface area contributed by atoms with E-state index in [9.17, 15) is 0 Å². The fourth-order valence-corrected chi connectivity index (χ4v) is 2.24. The maximum atomic E-state index is 8.19. The summed E-state index contributed by atoms with van der Waals surface area (Å²) in [6.45, 7) is 10.2. The number of benzene rings is 1. The number of halogens is 1. The SMILES string of the molecule is [2H]C(I)c1ccc(C([2H])O[Si](C)(C)C(C)(C)C)cc1. The lowest BCUT2D eigenvalue weighted by Gasteiger charge is -2.36. The molecule has 0 fully saturated rings. The van der Waals surface area contributed by atoms with Crippen LogP contribution in [0.2, 0.25) is 18.1 Å². The van der Waals surface area contributed by atoms with Gasteiger partial charge in [0.05, 0.1) is 7.95 Å². The second kappa shape index (κ2) is 5.84. The maximum Gasteiger partial charge on any atom is 0.192 e. The Balaban J connectivity index is 2.81. The molecular formula is C14H23IOSi. The van der Waals surface area contributed by atoms with Crippen LogP contribution in [-0.4, -0.2) is 8.32 Å². The van der Waals surface area contributed by atoms with E-state index in [1.165, 1.54) is 0 Å². The van der Waals surface area contributed by atoms with Gasteiger partial charge in [0.1, 0.15) is 0 Å². The molecule has 0 aliphatic rings. The largest absolute Gasteiger partial charge is 0.413 e. The minimum Gasteiger partial charge on any atom is -0.413 e. The van der Waals surface area contributed by atoms with E-state index in [1.807, 2.05) is 24.3 Å². The summed E-state index contributed by atoms with van der Waals surface area (Å²) in [6.07, 6.45) is 0. The zero-order valence-corrected chi connectivity index (χ0v) is 14.4. The Morgan fingerprint density at radius 2 is 1.65 bits per heavy atom. The van der Waals surface area contributed by atoms with Gasteiger partial charge in [-0.05, 0) is 29.3 Å². The first-order valence-corrected chi connectivity index (χ1v) is 9.96. The predicted octanol–water partition coefficient (Wildman–Crippen LogP) is 5.14. The molecule has 0 saturated carbocycles. The van der Waals surface area contributed by atoms with E-state index < -0.39 is 14.9 Å². The van der Waals surface area contributed by atoms with Crippen molar-refractivity contribution in [2.75, 3.05) is 0 Å². The van der Waals surface area contributed by atoms with Crippen molar-refractivity contribution >= 4 is 30.9 Å². The first-order chi connectivity index (χ1) is 8.54. The van der Waals surface area contributed by atoms with Crippen LogP contribution in [0.1, 0.15) is 34.6 Å². The van der Waals surface area contributed by atoms with Crippen molar-refractivity contribution in [3.8, 4) is 0 Å². The van der Waals surface area contributed by atoms with Gasteiger partial charge in [0.2, 0.25) is 0 Å². The maximum absolute atomic E-state index is 8.19. The van der Waals surface area contributed by atoms with Crippen molar-refractivity contribution in [2.24, 2.45) is 0 Å². The van der Waals surface area contributed by atoms with Gasteiger partial charge < -0.3 is 4.43 Å². The third-order valence-corrected chi connectivity index (χ3v) is 8.40. The summed E-state index contributed by atoms with van der Waals surface area (Å²) in [5, 5.41) is 0.112. The molecule has 0 saturated heterocycles. The molecule has 3 heteroatoms. The fraction of sp³-hybridized carbons (Fsp3) is 0.571. The van der Waals surface area contributed by atoms with Gasteiger partial charge in [0.25, 0.3) is 0 Å². The summed E-state index contributed by atoms with van der Waals surface area (Å²) in [7, 11) is -1.91. The quantitative estimate of drug-likeness (QED) is 0.408. The topological polar surface area (TPSA) is 9.23 Å². The normalized spacial score (nSPS) is 18.2. The van der Waals surface area contributed by atoms with Gasteiger partial charge in [0.15, 0.2) is 8.32 Å². The lowest BCUT2D eigenvalue weighted by atomic mass is 10.2. The minimum atomic E-state index is -1.91. The Labute approximate surface area is 123 Å². The molecule has 0 aromatic heterocycles. The van der Waals surface area contributed by atoms with Gasteiger partial charge in [0, 0.05) is 5.77 Å². The standard InChI is InChI=1S/C14H23IOSi/c1-14(2,3)17(4,5)16-11-13-8-6-12(10-15)7-9-13/h6-9H,10-11H2,1-5H3/i10D,11D. The lowest BCUT2D eigenvalue weighted by Crippen LogP contribution is -2.40. The molecule has 1 aromatic rings. The van der Waals surface area contributed by atoms with Crippen molar-refractivity contribution in [3.63, 3.8) is 0 Å². The van der Waals surface area contributed by atoms with Crippen molar-refractivity contribution in [1.29, 1.82) is 0 Å². The summed E-state index contributed by atoms with van der Waals surface area (Å²) in [6, 6.07) is 7.63. The second-order valence-corrected chi connectivity index (χ2v) is 11.2. The summed E-state index contributed by atoms with van der Waals surface area (Å²) >= 11 is 2.07. The van der Waals surface area contributed by atoms with Crippen molar-refractivity contribution in [1.82, 2.24) is 0 Å². The molecule has 2 atom stereocenters. The average Bonchev–Trinajstić information content (AvgIpc) is 2.27. The Bertz CT molecular complexity index is 412. The van der Waals surface area contributed by atoms with E-state index in [-0.39, 0.29) is 9.44 Å². The van der Waals surface area contributed by atoms with Crippen LogP contribution in [0.25, 0.3) is 0 Å². The molecule has 0 radical (unpaired) electrons. The third kappa shape index (κ3) is 4.37. The number of rotatable bonds is 4. The minimum absolute atomic E-state index is 0.112. The third-order valence-electron chi connectivity index (χ3n) is 3.36. The zero-order chi connectivity index (χ0) is 14.8. The van der Waals surface area contributed by atoms with Crippen LogP contribution in [0.15, 0.2) is 24.3 Å². The molecule has 0 aliphatic carbocycles. The smallest absolute Gasteiger partial charge is 0.192 e. The Morgan fingerprint density at radius 3 is 2.06 bits per heavy atom. The highest BCUT2D eigenvalue weighted by Gasteiger charge is 2.36. The highest BCUT2D eigenvalue weighted by Crippen LogP contribution is 2.37. The Hall–Kier alpha value is 0.127. The molecule has 0 spiro atoms. The van der Waals surface area contributed by atoms with Gasteiger partial charge in [-0.25, -0.2) is 0 Å². The summed E-state index contributed by atoms with van der Waals surface area (Å²) in [5.41, 5.74) is 1.83. The van der Waals surface area contributed by atoms with Crippen LogP contribution in [0.5, 0.6) is 0 Å². The van der Waals surface area contributed by atoms with E-state index in [2.05, 4.69) is 56.5 Å². The molecule has 1 rings (SSSR count). The Morgan fingerprint density at radius 1 is 1.18 bits per heavy atom. The van der Waals surface area contributed by atoms with Crippen molar-refractivity contribution in [2.45, 2.75) is 49.9 Å². The monoisotopic (exact) mass is 364 g/mol. The average molecular weight is 364 g/mol. The van der Waals surface area contributed by atoms with Gasteiger partial charge in [-0.3, -0.25) is 0 Å². The van der Waals surface area contributed by atoms with Gasteiger partial charge in [-0.15, -0.1) is 0 Å². The van der Waals surface area contributed by atoms with Crippen LogP contribution in [-0.2, 0) is 15.4 Å². The molecule has 17 heavy (non-hydrogen) atoms. The van der Waals surface area contributed by atoms with Crippen molar-refractivity contribution < 1.29 is 7.17 Å². The Kier molecular flexibility index (Phi) is 4.19. The lowest BCUT2D eigenvalue weighted by molar-refractivity contribution is 0.276. The zero-order valence-electron chi connectivity index (χ0n) is 13.3. The van der Waals surface area contributed by atoms with E-state index in [0.717, 1.165) is 11.1 Å². The van der Waals surface area contributed by atoms with Crippen LogP contribution < -0.4 is 0 Å². The molecule has 2 unspecified atom stereocenters. The number of alkyl halides is 1. The molecule has 96 valence electrons. The molecule has 1 nitrogen and oxygen atoms in total. The van der Waals surface area contributed by atoms with E-state index in [1.54, 1.807) is 0 Å². The number of hydrogen-bond acceptors (Lipinski definition) is 1. The van der Waals surface area contributed by atoms with E-state index >= 15 is 0 Å². The van der Waals surface area contributed by atoms with Crippen LogP contribution in [0.4, 0.5) is 0 Å². The predicted molar refractivity (Wildman–Crippen MR) is 86.2 cm³/mol. The molecular weight excluding hydrogens is 339 g/mol. The molecule has 0 aliphatic heterocycles. The molecule has 0 bridgehead atoms. The summed E-state index contributed by atoms with van der Waals surface area (Å²) < 4.78 is 21.6. The number of hydrogen-bond donors (Lipinski definition) is 0. The van der Waals surface area contributed by atoms with Gasteiger partial charge in [-0.1, -0.05) is 67.6 Å². The van der Waals surface area contributed by atoms with Crippen molar-refractivity contribution in [3.05, 3.63) is 35.4 Å². The first-order valence-electron chi connectivity index (χ1n) is 6.96. The molecule has 0 amide bonds. The molecule has 1 aromatic carbocycles. The highest BCUT2D eigenvalue weighted by molar-refractivity contribution is 14.1. The first kappa shape index (κ1) is 12.2. The summed E-state index contributed by atoms with van der Waals surface area (Å²) in [5.74, 6) is 0. The van der Waals surface area contributed by atoms with Gasteiger partial charge in [-0.2, -0.15) is 0 Å². The highest BCUT2D eigenvalue weighted by atomic mass is 127. The van der Waals surface area contributed by atoms with Crippen LogP contribution in [0.3, 0.4) is 0 Å². The second-order valence-electron chi connectivity index (χ2n) is 5.77. The summed E-state index contributed by atoms with van der Waals surface area (Å²) in [4.78, 5) is 0. The molecule has 0 heterocycles. The van der Waals surface area contributed by atoms with E-state index in [0.29, 0.717) is 0 Å². The fourth-order valence-electron chi connectivity index (χ4n) is 1.04.